The van der Waals surface area contributed by atoms with Crippen molar-refractivity contribution in [1.82, 2.24) is 4.90 Å². The summed E-state index contributed by atoms with van der Waals surface area (Å²) in [7, 11) is 2.18. The van der Waals surface area contributed by atoms with Gasteiger partial charge in [0.2, 0.25) is 0 Å². The zero-order chi connectivity index (χ0) is 12.4. The summed E-state index contributed by atoms with van der Waals surface area (Å²) in [6, 6.07) is 11.5. The molecule has 1 aromatic carbocycles. The van der Waals surface area contributed by atoms with Crippen LogP contribution in [0.25, 0.3) is 0 Å². The molecule has 0 amide bonds. The molecular formula is C16H22N2. The predicted molar refractivity (Wildman–Crippen MR) is 76.1 cm³/mol. The molecule has 0 radical (unpaired) electrons. The fraction of sp³-hybridized carbons (Fsp3) is 0.562. The molecule has 96 valence electrons. The Labute approximate surface area is 110 Å². The third kappa shape index (κ3) is 2.29. The fourth-order valence-corrected chi connectivity index (χ4v) is 3.33. The van der Waals surface area contributed by atoms with Gasteiger partial charge in [-0.05, 0) is 24.8 Å². The lowest BCUT2D eigenvalue weighted by Gasteiger charge is -2.19. The van der Waals surface area contributed by atoms with E-state index in [1.54, 1.807) is 0 Å². The van der Waals surface area contributed by atoms with Crippen LogP contribution < -0.4 is 0 Å². The summed E-state index contributed by atoms with van der Waals surface area (Å²) in [5.41, 5.74) is 1.48. The van der Waals surface area contributed by atoms with E-state index in [9.17, 15) is 0 Å². The Morgan fingerprint density at radius 2 is 1.94 bits per heavy atom. The lowest BCUT2D eigenvalue weighted by Crippen LogP contribution is -2.22. The van der Waals surface area contributed by atoms with Gasteiger partial charge in [-0.25, -0.2) is 0 Å². The van der Waals surface area contributed by atoms with Crippen LogP contribution in [-0.2, 0) is 0 Å². The highest BCUT2D eigenvalue weighted by Crippen LogP contribution is 2.37. The Morgan fingerprint density at radius 3 is 2.67 bits per heavy atom. The van der Waals surface area contributed by atoms with Crippen LogP contribution in [0.2, 0.25) is 0 Å². The molecule has 18 heavy (non-hydrogen) atoms. The summed E-state index contributed by atoms with van der Waals surface area (Å²) >= 11 is 0. The van der Waals surface area contributed by atoms with Gasteiger partial charge >= 0.3 is 0 Å². The van der Waals surface area contributed by atoms with Crippen LogP contribution in [0.15, 0.2) is 35.3 Å². The predicted octanol–water partition coefficient (Wildman–Crippen LogP) is 3.45. The number of benzene rings is 1. The third-order valence-corrected chi connectivity index (χ3v) is 4.36. The first-order valence-corrected chi connectivity index (χ1v) is 7.17. The zero-order valence-electron chi connectivity index (χ0n) is 11.2. The minimum Gasteiger partial charge on any atom is -0.363 e. The Hall–Kier alpha value is -1.31. The van der Waals surface area contributed by atoms with E-state index >= 15 is 0 Å². The van der Waals surface area contributed by atoms with Gasteiger partial charge in [0, 0.05) is 25.9 Å². The van der Waals surface area contributed by atoms with Gasteiger partial charge in [0.1, 0.15) is 0 Å². The summed E-state index contributed by atoms with van der Waals surface area (Å²) < 4.78 is 0. The van der Waals surface area contributed by atoms with Gasteiger partial charge in [-0.3, -0.25) is 4.99 Å². The number of amidine groups is 1. The first-order valence-electron chi connectivity index (χ1n) is 7.17. The molecule has 2 aliphatic rings. The van der Waals surface area contributed by atoms with E-state index < -0.39 is 0 Å². The van der Waals surface area contributed by atoms with E-state index in [1.807, 2.05) is 0 Å². The van der Waals surface area contributed by atoms with E-state index in [-0.39, 0.29) is 0 Å². The molecule has 0 unspecified atom stereocenters. The maximum Gasteiger partial charge on any atom is 0.0990 e. The first kappa shape index (κ1) is 11.8. The largest absolute Gasteiger partial charge is 0.363 e. The quantitative estimate of drug-likeness (QED) is 0.775. The Balaban J connectivity index is 1.80. The van der Waals surface area contributed by atoms with Crippen LogP contribution in [0.3, 0.4) is 0 Å². The molecule has 0 aromatic heterocycles. The average molecular weight is 242 g/mol. The second-order valence-corrected chi connectivity index (χ2v) is 5.59. The van der Waals surface area contributed by atoms with Crippen LogP contribution in [0.1, 0.15) is 43.6 Å². The molecule has 1 aromatic rings. The van der Waals surface area contributed by atoms with E-state index in [1.165, 1.54) is 50.0 Å². The molecule has 2 atom stereocenters. The number of aliphatic imine (C=N–C) groups is 1. The van der Waals surface area contributed by atoms with E-state index in [2.05, 4.69) is 42.3 Å². The highest BCUT2D eigenvalue weighted by Gasteiger charge is 2.29. The van der Waals surface area contributed by atoms with Gasteiger partial charge in [0.15, 0.2) is 0 Å². The van der Waals surface area contributed by atoms with Crippen molar-refractivity contribution in [2.45, 2.75) is 44.1 Å². The second-order valence-electron chi connectivity index (χ2n) is 5.59. The maximum absolute atomic E-state index is 5.06. The Morgan fingerprint density at radius 1 is 1.11 bits per heavy atom. The van der Waals surface area contributed by atoms with Crippen molar-refractivity contribution in [3.05, 3.63) is 35.9 Å². The lowest BCUT2D eigenvalue weighted by molar-refractivity contribution is 0.534. The highest BCUT2D eigenvalue weighted by molar-refractivity contribution is 5.84. The minimum atomic E-state index is 0.517. The zero-order valence-corrected chi connectivity index (χ0v) is 11.2. The van der Waals surface area contributed by atoms with Crippen molar-refractivity contribution in [3.8, 4) is 0 Å². The first-order chi connectivity index (χ1) is 8.84. The summed E-state index contributed by atoms with van der Waals surface area (Å²) in [5.74, 6) is 1.98. The van der Waals surface area contributed by atoms with Gasteiger partial charge in [0.05, 0.1) is 11.9 Å². The van der Waals surface area contributed by atoms with Crippen molar-refractivity contribution >= 4 is 5.84 Å². The number of likely N-dealkylation sites (tertiary alicyclic amines) is 1. The SMILES string of the molecule is CN1CCCC1=N[C@@H]1CCC[C@@H]1c1ccccc1. The molecule has 1 saturated heterocycles. The maximum atomic E-state index is 5.06. The minimum absolute atomic E-state index is 0.517. The summed E-state index contributed by atoms with van der Waals surface area (Å²) in [6.07, 6.45) is 6.34. The molecule has 1 heterocycles. The highest BCUT2D eigenvalue weighted by atomic mass is 15.2. The average Bonchev–Trinajstić information content (AvgIpc) is 3.01. The van der Waals surface area contributed by atoms with Crippen molar-refractivity contribution in [3.63, 3.8) is 0 Å². The van der Waals surface area contributed by atoms with Crippen LogP contribution in [0, 0.1) is 0 Å². The van der Waals surface area contributed by atoms with E-state index in [0.717, 1.165) is 0 Å². The number of hydrogen-bond acceptors (Lipinski definition) is 1. The summed E-state index contributed by atoms with van der Waals surface area (Å²) in [5, 5.41) is 0. The topological polar surface area (TPSA) is 15.6 Å². The van der Waals surface area contributed by atoms with Crippen molar-refractivity contribution in [2.24, 2.45) is 4.99 Å². The molecule has 2 nitrogen and oxygen atoms in total. The van der Waals surface area contributed by atoms with Crippen LogP contribution in [-0.4, -0.2) is 30.4 Å². The van der Waals surface area contributed by atoms with Gasteiger partial charge in [0.25, 0.3) is 0 Å². The van der Waals surface area contributed by atoms with Crippen molar-refractivity contribution in [2.75, 3.05) is 13.6 Å². The smallest absolute Gasteiger partial charge is 0.0990 e. The van der Waals surface area contributed by atoms with E-state index in [0.29, 0.717) is 12.0 Å². The molecule has 0 bridgehead atoms. The molecule has 1 aliphatic heterocycles. The normalized spacial score (nSPS) is 30.3. The summed E-state index contributed by atoms with van der Waals surface area (Å²) in [6.45, 7) is 1.18. The molecule has 1 saturated carbocycles. The molecule has 2 fully saturated rings. The number of rotatable bonds is 2. The lowest BCUT2D eigenvalue weighted by atomic mass is 9.94. The Bertz CT molecular complexity index is 424. The standard InChI is InChI=1S/C16H22N2/c1-18-12-6-11-16(18)17-15-10-5-9-14(15)13-7-3-2-4-8-13/h2-4,7-8,14-15H,5-6,9-12H2,1H3/t14-,15-/m1/s1. The number of hydrogen-bond donors (Lipinski definition) is 0. The molecule has 0 spiro atoms. The van der Waals surface area contributed by atoms with Gasteiger partial charge in [-0.1, -0.05) is 36.8 Å². The van der Waals surface area contributed by atoms with Gasteiger partial charge in [-0.15, -0.1) is 0 Å². The molecular weight excluding hydrogens is 220 g/mol. The van der Waals surface area contributed by atoms with Gasteiger partial charge < -0.3 is 4.90 Å². The molecule has 2 heteroatoms. The van der Waals surface area contributed by atoms with Crippen LogP contribution >= 0.6 is 0 Å². The van der Waals surface area contributed by atoms with E-state index in [4.69, 9.17) is 4.99 Å². The van der Waals surface area contributed by atoms with Crippen LogP contribution in [0.5, 0.6) is 0 Å². The second kappa shape index (κ2) is 5.13. The number of nitrogens with zero attached hydrogens (tertiary/aromatic N) is 2. The monoisotopic (exact) mass is 242 g/mol. The van der Waals surface area contributed by atoms with Crippen molar-refractivity contribution in [1.29, 1.82) is 0 Å². The summed E-state index contributed by atoms with van der Waals surface area (Å²) in [4.78, 5) is 7.39. The fourth-order valence-electron chi connectivity index (χ4n) is 3.33. The Kier molecular flexibility index (Phi) is 3.35. The van der Waals surface area contributed by atoms with Gasteiger partial charge in [-0.2, -0.15) is 0 Å². The molecule has 3 rings (SSSR count). The van der Waals surface area contributed by atoms with Crippen LogP contribution in [0.4, 0.5) is 0 Å². The molecule has 1 aliphatic carbocycles. The van der Waals surface area contributed by atoms with Crippen molar-refractivity contribution < 1.29 is 0 Å². The third-order valence-electron chi connectivity index (χ3n) is 4.36. The molecule has 0 N–H and O–H groups in total.